The normalized spacial score (nSPS) is 29.0. The molecule has 2 fully saturated rings. The van der Waals surface area contributed by atoms with E-state index in [1.807, 2.05) is 7.05 Å². The number of nitrogens with one attached hydrogen (secondary N) is 1. The fourth-order valence-corrected chi connectivity index (χ4v) is 2.87. The van der Waals surface area contributed by atoms with Crippen molar-refractivity contribution in [3.05, 3.63) is 0 Å². The Balaban J connectivity index is 1.84. The SMILES string of the molecule is CN1CCC(NCC2(CO)CCCC2)C1=O. The molecule has 2 N–H and O–H groups in total. The van der Waals surface area contributed by atoms with Crippen LogP contribution >= 0.6 is 0 Å². The van der Waals surface area contributed by atoms with Crippen molar-refractivity contribution in [3.8, 4) is 0 Å². The van der Waals surface area contributed by atoms with Crippen LogP contribution < -0.4 is 5.32 Å². The van der Waals surface area contributed by atoms with Crippen LogP contribution in [0, 0.1) is 5.41 Å². The second-order valence-electron chi connectivity index (χ2n) is 5.35. The van der Waals surface area contributed by atoms with Gasteiger partial charge in [-0.1, -0.05) is 12.8 Å². The molecule has 4 nitrogen and oxygen atoms in total. The minimum absolute atomic E-state index is 0.0194. The highest BCUT2D eigenvalue weighted by Crippen LogP contribution is 2.37. The van der Waals surface area contributed by atoms with Crippen molar-refractivity contribution in [3.63, 3.8) is 0 Å². The summed E-state index contributed by atoms with van der Waals surface area (Å²) >= 11 is 0. The summed E-state index contributed by atoms with van der Waals surface area (Å²) in [5.74, 6) is 0.200. The van der Waals surface area contributed by atoms with Crippen LogP contribution in [0.3, 0.4) is 0 Å². The molecule has 1 heterocycles. The van der Waals surface area contributed by atoms with E-state index < -0.39 is 0 Å². The highest BCUT2D eigenvalue weighted by molar-refractivity contribution is 5.83. The van der Waals surface area contributed by atoms with E-state index in [0.29, 0.717) is 0 Å². The largest absolute Gasteiger partial charge is 0.396 e. The van der Waals surface area contributed by atoms with Crippen LogP contribution in [-0.2, 0) is 4.79 Å². The van der Waals surface area contributed by atoms with Crippen molar-refractivity contribution >= 4 is 5.91 Å². The van der Waals surface area contributed by atoms with Gasteiger partial charge in [-0.3, -0.25) is 4.79 Å². The molecule has 16 heavy (non-hydrogen) atoms. The van der Waals surface area contributed by atoms with Crippen molar-refractivity contribution in [1.82, 2.24) is 10.2 Å². The first-order chi connectivity index (χ1) is 7.67. The van der Waals surface area contributed by atoms with Gasteiger partial charge in [0.2, 0.25) is 5.91 Å². The predicted octanol–water partition coefficient (Wildman–Crippen LogP) is 0.359. The third-order valence-electron chi connectivity index (χ3n) is 4.15. The van der Waals surface area contributed by atoms with Crippen molar-refractivity contribution in [2.45, 2.75) is 38.1 Å². The number of carbonyl (C=O) groups excluding carboxylic acids is 1. The van der Waals surface area contributed by atoms with Crippen LogP contribution in [0.25, 0.3) is 0 Å². The number of likely N-dealkylation sites (N-methyl/N-ethyl adjacent to an activating group) is 1. The molecule has 1 aliphatic heterocycles. The average Bonchev–Trinajstić information content (AvgIpc) is 2.87. The van der Waals surface area contributed by atoms with Gasteiger partial charge in [0, 0.05) is 32.2 Å². The zero-order valence-corrected chi connectivity index (χ0v) is 10.0. The molecule has 1 saturated carbocycles. The molecule has 92 valence electrons. The number of aliphatic hydroxyl groups is 1. The molecule has 1 amide bonds. The van der Waals surface area contributed by atoms with E-state index in [2.05, 4.69) is 5.32 Å². The number of carbonyl (C=O) groups is 1. The zero-order valence-electron chi connectivity index (χ0n) is 10.0. The Bertz CT molecular complexity index is 262. The van der Waals surface area contributed by atoms with Gasteiger partial charge in [-0.25, -0.2) is 0 Å². The third kappa shape index (κ3) is 2.23. The van der Waals surface area contributed by atoms with Gasteiger partial charge in [0.05, 0.1) is 6.04 Å². The summed E-state index contributed by atoms with van der Waals surface area (Å²) in [5, 5.41) is 12.8. The molecule has 1 saturated heterocycles. The van der Waals surface area contributed by atoms with Crippen LogP contribution in [-0.4, -0.2) is 48.7 Å². The molecule has 1 aliphatic carbocycles. The number of likely N-dealkylation sites (tertiary alicyclic amines) is 1. The first kappa shape index (κ1) is 11.9. The van der Waals surface area contributed by atoms with Gasteiger partial charge in [0.15, 0.2) is 0 Å². The zero-order chi connectivity index (χ0) is 11.6. The lowest BCUT2D eigenvalue weighted by molar-refractivity contribution is -0.128. The van der Waals surface area contributed by atoms with Crippen LogP contribution in [0.1, 0.15) is 32.1 Å². The van der Waals surface area contributed by atoms with E-state index in [-0.39, 0.29) is 24.0 Å². The smallest absolute Gasteiger partial charge is 0.239 e. The van der Waals surface area contributed by atoms with Crippen molar-refractivity contribution in [2.24, 2.45) is 5.41 Å². The van der Waals surface area contributed by atoms with E-state index in [4.69, 9.17) is 0 Å². The summed E-state index contributed by atoms with van der Waals surface area (Å²) in [6, 6.07) is -0.0194. The first-order valence-corrected chi connectivity index (χ1v) is 6.26. The summed E-state index contributed by atoms with van der Waals surface area (Å²) in [4.78, 5) is 13.5. The molecule has 0 aromatic rings. The van der Waals surface area contributed by atoms with E-state index >= 15 is 0 Å². The number of aliphatic hydroxyl groups excluding tert-OH is 1. The Kier molecular flexibility index (Phi) is 3.50. The van der Waals surface area contributed by atoms with Gasteiger partial charge in [0.1, 0.15) is 0 Å². The Hall–Kier alpha value is -0.610. The number of rotatable bonds is 4. The summed E-state index contributed by atoms with van der Waals surface area (Å²) in [6.45, 7) is 1.88. The average molecular weight is 226 g/mol. The standard InChI is InChI=1S/C12H22N2O2/c1-14-7-4-10(11(14)16)13-8-12(9-15)5-2-3-6-12/h10,13,15H,2-9H2,1H3. The molecule has 0 spiro atoms. The van der Waals surface area contributed by atoms with Crippen molar-refractivity contribution in [2.75, 3.05) is 26.7 Å². The molecule has 1 unspecified atom stereocenters. The van der Waals surface area contributed by atoms with E-state index in [1.165, 1.54) is 12.8 Å². The minimum atomic E-state index is -0.0194. The number of nitrogens with zero attached hydrogens (tertiary/aromatic N) is 1. The Labute approximate surface area is 97.0 Å². The summed E-state index contributed by atoms with van der Waals surface area (Å²) in [5.41, 5.74) is 0.0431. The molecule has 0 radical (unpaired) electrons. The first-order valence-electron chi connectivity index (χ1n) is 6.26. The van der Waals surface area contributed by atoms with Gasteiger partial charge in [-0.05, 0) is 19.3 Å². The second-order valence-corrected chi connectivity index (χ2v) is 5.35. The summed E-state index contributed by atoms with van der Waals surface area (Å²) < 4.78 is 0. The van der Waals surface area contributed by atoms with Crippen LogP contribution in [0.15, 0.2) is 0 Å². The topological polar surface area (TPSA) is 52.6 Å². The monoisotopic (exact) mass is 226 g/mol. The fraction of sp³-hybridized carbons (Fsp3) is 0.917. The Morgan fingerprint density at radius 2 is 2.19 bits per heavy atom. The molecule has 0 bridgehead atoms. The lowest BCUT2D eigenvalue weighted by Crippen LogP contribution is -2.43. The predicted molar refractivity (Wildman–Crippen MR) is 62.0 cm³/mol. The molecule has 4 heteroatoms. The second kappa shape index (κ2) is 4.72. The van der Waals surface area contributed by atoms with Gasteiger partial charge in [-0.15, -0.1) is 0 Å². The summed E-state index contributed by atoms with van der Waals surface area (Å²) in [6.07, 6.45) is 5.50. The van der Waals surface area contributed by atoms with Crippen LogP contribution in [0.4, 0.5) is 0 Å². The van der Waals surface area contributed by atoms with Gasteiger partial charge in [-0.2, -0.15) is 0 Å². The van der Waals surface area contributed by atoms with E-state index in [1.54, 1.807) is 4.90 Å². The summed E-state index contributed by atoms with van der Waals surface area (Å²) in [7, 11) is 1.85. The third-order valence-corrected chi connectivity index (χ3v) is 4.15. The number of amides is 1. The molecule has 1 atom stereocenters. The van der Waals surface area contributed by atoms with Crippen LogP contribution in [0.2, 0.25) is 0 Å². The highest BCUT2D eigenvalue weighted by Gasteiger charge is 2.36. The van der Waals surface area contributed by atoms with Crippen molar-refractivity contribution in [1.29, 1.82) is 0 Å². The van der Waals surface area contributed by atoms with Gasteiger partial charge < -0.3 is 15.3 Å². The molecule has 0 aromatic carbocycles. The lowest BCUT2D eigenvalue weighted by atomic mass is 9.87. The molecular weight excluding hydrogens is 204 g/mol. The van der Waals surface area contributed by atoms with Gasteiger partial charge in [0.25, 0.3) is 0 Å². The van der Waals surface area contributed by atoms with Crippen LogP contribution in [0.5, 0.6) is 0 Å². The Morgan fingerprint density at radius 1 is 1.50 bits per heavy atom. The highest BCUT2D eigenvalue weighted by atomic mass is 16.3. The fourth-order valence-electron chi connectivity index (χ4n) is 2.87. The molecule has 0 aromatic heterocycles. The van der Waals surface area contributed by atoms with Crippen molar-refractivity contribution < 1.29 is 9.90 Å². The minimum Gasteiger partial charge on any atom is -0.396 e. The molecular formula is C12H22N2O2. The maximum Gasteiger partial charge on any atom is 0.239 e. The van der Waals surface area contributed by atoms with Gasteiger partial charge >= 0.3 is 0 Å². The Morgan fingerprint density at radius 3 is 2.69 bits per heavy atom. The molecule has 2 aliphatic rings. The van der Waals surface area contributed by atoms with E-state index in [0.717, 1.165) is 32.4 Å². The number of hydrogen-bond donors (Lipinski definition) is 2. The number of hydrogen-bond acceptors (Lipinski definition) is 3. The maximum atomic E-state index is 11.7. The van der Waals surface area contributed by atoms with E-state index in [9.17, 15) is 9.90 Å². The molecule has 2 rings (SSSR count). The maximum absolute atomic E-state index is 11.7. The lowest BCUT2D eigenvalue weighted by Gasteiger charge is -2.28. The quantitative estimate of drug-likeness (QED) is 0.728.